The van der Waals surface area contributed by atoms with Crippen molar-refractivity contribution in [3.05, 3.63) is 59.9 Å². The number of carbonyl (C=O) groups excluding carboxylic acids is 1. The van der Waals surface area contributed by atoms with Crippen LogP contribution in [0.2, 0.25) is 0 Å². The first kappa shape index (κ1) is 14.6. The van der Waals surface area contributed by atoms with Crippen molar-refractivity contribution < 1.29 is 4.79 Å². The molecule has 3 aromatic rings. The molecule has 1 amide bonds. The second-order valence-electron chi connectivity index (χ2n) is 5.94. The van der Waals surface area contributed by atoms with Crippen molar-refractivity contribution in [1.82, 2.24) is 20.2 Å². The lowest BCUT2D eigenvalue weighted by Crippen LogP contribution is -2.15. The molecule has 0 fully saturated rings. The van der Waals surface area contributed by atoms with Gasteiger partial charge in [0.1, 0.15) is 0 Å². The molecule has 2 aromatic heterocycles. The number of carbonyl (C=O) groups is 1. The first-order valence-electron chi connectivity index (χ1n) is 8.00. The predicted octanol–water partition coefficient (Wildman–Crippen LogP) is 2.93. The Bertz CT molecular complexity index is 859. The van der Waals surface area contributed by atoms with Gasteiger partial charge in [-0.15, -0.1) is 10.2 Å². The van der Waals surface area contributed by atoms with E-state index in [1.165, 1.54) is 11.1 Å². The third-order valence-electron chi connectivity index (χ3n) is 4.39. The number of anilines is 1. The molecule has 1 aliphatic carbocycles. The van der Waals surface area contributed by atoms with Crippen molar-refractivity contribution in [3.63, 3.8) is 0 Å². The lowest BCUT2D eigenvalue weighted by Gasteiger charge is -2.10. The molecule has 6 heteroatoms. The van der Waals surface area contributed by atoms with Gasteiger partial charge in [0.25, 0.3) is 0 Å². The van der Waals surface area contributed by atoms with E-state index in [1.807, 2.05) is 18.2 Å². The second kappa shape index (κ2) is 6.23. The Morgan fingerprint density at radius 2 is 2.00 bits per heavy atom. The van der Waals surface area contributed by atoms with Crippen molar-refractivity contribution in [2.24, 2.45) is 0 Å². The molecule has 0 unspecified atom stereocenters. The third kappa shape index (κ3) is 2.90. The highest BCUT2D eigenvalue weighted by Gasteiger charge is 2.24. The number of H-pyrrole nitrogens is 1. The predicted molar refractivity (Wildman–Crippen MR) is 90.4 cm³/mol. The largest absolute Gasteiger partial charge is 0.307 e. The number of amides is 1. The van der Waals surface area contributed by atoms with E-state index in [1.54, 1.807) is 12.4 Å². The molecule has 1 atom stereocenters. The zero-order valence-electron chi connectivity index (χ0n) is 13.1. The molecule has 2 heterocycles. The van der Waals surface area contributed by atoms with Crippen LogP contribution < -0.4 is 5.32 Å². The third-order valence-corrected chi connectivity index (χ3v) is 4.39. The fourth-order valence-electron chi connectivity index (χ4n) is 3.22. The van der Waals surface area contributed by atoms with E-state index in [9.17, 15) is 4.79 Å². The zero-order valence-corrected chi connectivity index (χ0v) is 13.1. The van der Waals surface area contributed by atoms with Crippen LogP contribution in [0.4, 0.5) is 5.95 Å². The van der Waals surface area contributed by atoms with Gasteiger partial charge in [-0.25, -0.2) is 0 Å². The monoisotopic (exact) mass is 319 g/mol. The fraction of sp³-hybridized carbons (Fsp3) is 0.222. The van der Waals surface area contributed by atoms with Crippen molar-refractivity contribution in [1.29, 1.82) is 0 Å². The van der Waals surface area contributed by atoms with Crippen LogP contribution in [-0.4, -0.2) is 26.1 Å². The van der Waals surface area contributed by atoms with E-state index in [0.717, 1.165) is 18.4 Å². The number of benzene rings is 1. The van der Waals surface area contributed by atoms with E-state index >= 15 is 0 Å². The summed E-state index contributed by atoms with van der Waals surface area (Å²) in [5.74, 6) is 1.22. The summed E-state index contributed by atoms with van der Waals surface area (Å²) < 4.78 is 0. The van der Waals surface area contributed by atoms with E-state index in [-0.39, 0.29) is 11.8 Å². The van der Waals surface area contributed by atoms with Gasteiger partial charge in [0.2, 0.25) is 11.9 Å². The van der Waals surface area contributed by atoms with Gasteiger partial charge in [0, 0.05) is 24.4 Å². The van der Waals surface area contributed by atoms with Crippen molar-refractivity contribution >= 4 is 11.9 Å². The summed E-state index contributed by atoms with van der Waals surface area (Å²) in [6.45, 7) is 0. The SMILES string of the molecule is O=C(C[C@H]1CCc2ccccc21)Nc1nnc(-c2ccncc2)[nH]1. The molecule has 24 heavy (non-hydrogen) atoms. The number of pyridine rings is 1. The van der Waals surface area contributed by atoms with Crippen LogP contribution >= 0.6 is 0 Å². The molecular formula is C18H17N5O. The van der Waals surface area contributed by atoms with Crippen LogP contribution in [-0.2, 0) is 11.2 Å². The Hall–Kier alpha value is -3.02. The van der Waals surface area contributed by atoms with Gasteiger partial charge in [-0.1, -0.05) is 24.3 Å². The molecule has 0 bridgehead atoms. The van der Waals surface area contributed by atoms with Gasteiger partial charge in [-0.3, -0.25) is 15.1 Å². The Labute approximate surface area is 139 Å². The molecule has 0 aliphatic heterocycles. The Morgan fingerprint density at radius 3 is 2.88 bits per heavy atom. The summed E-state index contributed by atoms with van der Waals surface area (Å²) in [4.78, 5) is 19.3. The van der Waals surface area contributed by atoms with Gasteiger partial charge >= 0.3 is 0 Å². The highest BCUT2D eigenvalue weighted by atomic mass is 16.1. The van der Waals surface area contributed by atoms with Gasteiger partial charge in [0.05, 0.1) is 0 Å². The first-order chi connectivity index (χ1) is 11.8. The molecular weight excluding hydrogens is 302 g/mol. The number of rotatable bonds is 4. The van der Waals surface area contributed by atoms with E-state index in [0.29, 0.717) is 18.2 Å². The van der Waals surface area contributed by atoms with E-state index in [2.05, 4.69) is 43.7 Å². The van der Waals surface area contributed by atoms with Crippen molar-refractivity contribution in [2.45, 2.75) is 25.2 Å². The van der Waals surface area contributed by atoms with Crippen LogP contribution in [0.5, 0.6) is 0 Å². The maximum absolute atomic E-state index is 12.3. The molecule has 1 aliphatic rings. The quantitative estimate of drug-likeness (QED) is 0.774. The van der Waals surface area contributed by atoms with E-state index < -0.39 is 0 Å². The zero-order chi connectivity index (χ0) is 16.4. The van der Waals surface area contributed by atoms with Crippen molar-refractivity contribution in [2.75, 3.05) is 5.32 Å². The molecule has 1 aromatic carbocycles. The molecule has 0 spiro atoms. The van der Waals surface area contributed by atoms with Crippen LogP contribution in [0.15, 0.2) is 48.8 Å². The lowest BCUT2D eigenvalue weighted by atomic mass is 9.97. The molecule has 120 valence electrons. The lowest BCUT2D eigenvalue weighted by molar-refractivity contribution is -0.116. The normalized spacial score (nSPS) is 15.9. The summed E-state index contributed by atoms with van der Waals surface area (Å²) >= 11 is 0. The first-order valence-corrected chi connectivity index (χ1v) is 8.00. The summed E-state index contributed by atoms with van der Waals surface area (Å²) in [5, 5.41) is 10.9. The van der Waals surface area contributed by atoms with Crippen LogP contribution in [0, 0.1) is 0 Å². The minimum absolute atomic E-state index is 0.0471. The van der Waals surface area contributed by atoms with Crippen LogP contribution in [0.25, 0.3) is 11.4 Å². The Morgan fingerprint density at radius 1 is 1.17 bits per heavy atom. The van der Waals surface area contributed by atoms with Crippen LogP contribution in [0.1, 0.15) is 29.9 Å². The molecule has 2 N–H and O–H groups in total. The van der Waals surface area contributed by atoms with Gasteiger partial charge in [-0.05, 0) is 42.0 Å². The minimum Gasteiger partial charge on any atom is -0.307 e. The van der Waals surface area contributed by atoms with Gasteiger partial charge in [0.15, 0.2) is 5.82 Å². The smallest absolute Gasteiger partial charge is 0.228 e. The maximum atomic E-state index is 12.3. The average Bonchev–Trinajstić information content (AvgIpc) is 3.23. The van der Waals surface area contributed by atoms with Crippen LogP contribution in [0.3, 0.4) is 0 Å². The minimum atomic E-state index is -0.0471. The standard InChI is InChI=1S/C18H17N5O/c24-16(11-14-6-5-12-3-1-2-4-15(12)14)20-18-21-17(22-23-18)13-7-9-19-10-8-13/h1-4,7-10,14H,5-6,11H2,(H2,20,21,22,23,24)/t14-/m1/s1. The maximum Gasteiger partial charge on any atom is 0.228 e. The number of nitrogens with zero attached hydrogens (tertiary/aromatic N) is 3. The highest BCUT2D eigenvalue weighted by molar-refractivity contribution is 5.89. The Balaban J connectivity index is 1.42. The summed E-state index contributed by atoms with van der Waals surface area (Å²) in [5.41, 5.74) is 3.53. The number of hydrogen-bond acceptors (Lipinski definition) is 4. The van der Waals surface area contributed by atoms with Crippen molar-refractivity contribution in [3.8, 4) is 11.4 Å². The highest BCUT2D eigenvalue weighted by Crippen LogP contribution is 2.35. The number of aromatic amines is 1. The second-order valence-corrected chi connectivity index (χ2v) is 5.94. The number of nitrogens with one attached hydrogen (secondary N) is 2. The number of aromatic nitrogens is 4. The topological polar surface area (TPSA) is 83.6 Å². The fourth-order valence-corrected chi connectivity index (χ4v) is 3.22. The molecule has 0 saturated carbocycles. The average molecular weight is 319 g/mol. The Kier molecular flexibility index (Phi) is 3.78. The molecule has 0 radical (unpaired) electrons. The summed E-state index contributed by atoms with van der Waals surface area (Å²) in [7, 11) is 0. The van der Waals surface area contributed by atoms with Gasteiger partial charge in [-0.2, -0.15) is 0 Å². The molecule has 6 nitrogen and oxygen atoms in total. The summed E-state index contributed by atoms with van der Waals surface area (Å²) in [6, 6.07) is 12.0. The molecule has 4 rings (SSSR count). The summed E-state index contributed by atoms with van der Waals surface area (Å²) in [6.07, 6.45) is 5.90. The number of aryl methyl sites for hydroxylation is 1. The number of hydrogen-bond donors (Lipinski definition) is 2. The van der Waals surface area contributed by atoms with E-state index in [4.69, 9.17) is 0 Å². The van der Waals surface area contributed by atoms with Gasteiger partial charge < -0.3 is 4.98 Å². The number of fused-ring (bicyclic) bond motifs is 1. The molecule has 0 saturated heterocycles.